The van der Waals surface area contributed by atoms with Crippen LogP contribution in [0.25, 0.3) is 10.9 Å². The van der Waals surface area contributed by atoms with Crippen molar-refractivity contribution in [1.82, 2.24) is 4.57 Å². The van der Waals surface area contributed by atoms with E-state index in [2.05, 4.69) is 16.7 Å². The van der Waals surface area contributed by atoms with Crippen LogP contribution in [-0.4, -0.2) is 10.6 Å². The Balaban J connectivity index is 1.80. The number of hydrogen-bond acceptors (Lipinski definition) is 2. The summed E-state index contributed by atoms with van der Waals surface area (Å²) in [7, 11) is 0. The molecule has 2 N–H and O–H groups in total. The van der Waals surface area contributed by atoms with Crippen LogP contribution in [0.15, 0.2) is 41.2 Å². The van der Waals surface area contributed by atoms with Gasteiger partial charge in [0.25, 0.3) is 5.56 Å². The predicted molar refractivity (Wildman–Crippen MR) is 87.7 cm³/mol. The van der Waals surface area contributed by atoms with Crippen molar-refractivity contribution < 1.29 is 0 Å². The molecule has 0 spiro atoms. The summed E-state index contributed by atoms with van der Waals surface area (Å²) in [4.78, 5) is 12.8. The average Bonchev–Trinajstić information content (AvgIpc) is 2.51. The average molecular weight is 294 g/mol. The summed E-state index contributed by atoms with van der Waals surface area (Å²) in [5.41, 5.74) is 7.77. The maximum Gasteiger partial charge on any atom is 0.251 e. The van der Waals surface area contributed by atoms with E-state index in [4.69, 9.17) is 5.73 Å². The first-order valence-electron chi connectivity index (χ1n) is 8.54. The van der Waals surface area contributed by atoms with Gasteiger partial charge in [0.2, 0.25) is 0 Å². The molecule has 0 aliphatic heterocycles. The lowest BCUT2D eigenvalue weighted by molar-refractivity contribution is -0.0614. The molecule has 0 amide bonds. The molecule has 0 saturated heterocycles. The highest BCUT2D eigenvalue weighted by atomic mass is 16.1. The van der Waals surface area contributed by atoms with Crippen LogP contribution in [0.2, 0.25) is 0 Å². The minimum absolute atomic E-state index is 0.121. The van der Waals surface area contributed by atoms with Gasteiger partial charge in [0, 0.05) is 12.1 Å². The minimum atomic E-state index is -0.146. The van der Waals surface area contributed by atoms with Crippen LogP contribution < -0.4 is 11.3 Å². The second kappa shape index (κ2) is 4.23. The van der Waals surface area contributed by atoms with Gasteiger partial charge in [-0.25, -0.2) is 0 Å². The first-order chi connectivity index (χ1) is 10.7. The molecule has 22 heavy (non-hydrogen) atoms. The fourth-order valence-corrected chi connectivity index (χ4v) is 6.01. The van der Waals surface area contributed by atoms with Gasteiger partial charge in [0.1, 0.15) is 0 Å². The van der Waals surface area contributed by atoms with Crippen molar-refractivity contribution in [3.05, 3.63) is 46.8 Å². The number of benzene rings is 1. The van der Waals surface area contributed by atoms with Crippen molar-refractivity contribution in [2.24, 2.45) is 23.5 Å². The van der Waals surface area contributed by atoms with Gasteiger partial charge in [-0.3, -0.25) is 4.79 Å². The van der Waals surface area contributed by atoms with E-state index in [0.29, 0.717) is 5.92 Å². The highest BCUT2D eigenvalue weighted by Gasteiger charge is 2.57. The Labute approximate surface area is 130 Å². The van der Waals surface area contributed by atoms with Crippen LogP contribution >= 0.6 is 0 Å². The molecule has 3 nitrogen and oxygen atoms in total. The normalized spacial score (nSPS) is 39.5. The largest absolute Gasteiger partial charge is 0.325 e. The Morgan fingerprint density at radius 1 is 1.00 bits per heavy atom. The Hall–Kier alpha value is -1.61. The Kier molecular flexibility index (Phi) is 2.48. The van der Waals surface area contributed by atoms with Crippen molar-refractivity contribution in [2.75, 3.05) is 0 Å². The van der Waals surface area contributed by atoms with Gasteiger partial charge in [-0.2, -0.15) is 0 Å². The first-order valence-corrected chi connectivity index (χ1v) is 8.54. The van der Waals surface area contributed by atoms with Crippen LogP contribution in [-0.2, 0) is 5.54 Å². The van der Waals surface area contributed by atoms with Gasteiger partial charge < -0.3 is 10.3 Å². The number of aromatic nitrogens is 1. The molecule has 0 radical (unpaired) electrons. The highest BCUT2D eigenvalue weighted by molar-refractivity contribution is 5.79. The molecular weight excluding hydrogens is 272 g/mol. The van der Waals surface area contributed by atoms with Crippen LogP contribution in [0.1, 0.15) is 32.1 Å². The second-order valence-corrected chi connectivity index (χ2v) is 7.80. The zero-order valence-electron chi connectivity index (χ0n) is 12.7. The molecule has 1 heterocycles. The quantitative estimate of drug-likeness (QED) is 0.879. The van der Waals surface area contributed by atoms with E-state index in [0.717, 1.165) is 35.6 Å². The molecule has 4 saturated carbocycles. The summed E-state index contributed by atoms with van der Waals surface area (Å²) in [6.07, 6.45) is 6.09. The van der Waals surface area contributed by atoms with Crippen molar-refractivity contribution >= 4 is 10.9 Å². The van der Waals surface area contributed by atoms with E-state index in [1.165, 1.54) is 19.3 Å². The summed E-state index contributed by atoms with van der Waals surface area (Å²) >= 11 is 0. The monoisotopic (exact) mass is 294 g/mol. The molecule has 3 atom stereocenters. The molecular formula is C19H22N2O. The topological polar surface area (TPSA) is 48.0 Å². The zero-order valence-corrected chi connectivity index (χ0v) is 12.7. The molecule has 1 aromatic heterocycles. The number of rotatable bonds is 1. The number of fused-ring (bicyclic) bond motifs is 1. The van der Waals surface area contributed by atoms with E-state index in [1.807, 2.05) is 18.2 Å². The standard InChI is InChI=1S/C19H22N2O/c20-18-15-8-12-7-13(9-15)11-19(18,10-12)21-16-4-2-1-3-14(16)5-6-17(21)22/h1-6,12-13,15,18H,7-11,20H2. The maximum absolute atomic E-state index is 12.8. The van der Waals surface area contributed by atoms with Gasteiger partial charge >= 0.3 is 0 Å². The minimum Gasteiger partial charge on any atom is -0.325 e. The van der Waals surface area contributed by atoms with Gasteiger partial charge in [-0.1, -0.05) is 18.2 Å². The number of hydrogen-bond donors (Lipinski definition) is 1. The van der Waals surface area contributed by atoms with Crippen LogP contribution in [0, 0.1) is 17.8 Å². The maximum atomic E-state index is 12.8. The molecule has 4 bridgehead atoms. The van der Waals surface area contributed by atoms with Crippen molar-refractivity contribution in [2.45, 2.75) is 43.7 Å². The summed E-state index contributed by atoms with van der Waals surface area (Å²) in [5.74, 6) is 2.14. The number of pyridine rings is 1. The first kappa shape index (κ1) is 12.9. The fourth-order valence-electron chi connectivity index (χ4n) is 6.01. The van der Waals surface area contributed by atoms with Gasteiger partial charge in [-0.15, -0.1) is 0 Å². The van der Waals surface area contributed by atoms with Crippen molar-refractivity contribution in [3.8, 4) is 0 Å². The third-order valence-electron chi connectivity index (χ3n) is 6.60. The smallest absolute Gasteiger partial charge is 0.251 e. The van der Waals surface area contributed by atoms with Gasteiger partial charge in [0.05, 0.1) is 11.1 Å². The molecule has 3 unspecified atom stereocenters. The van der Waals surface area contributed by atoms with Crippen molar-refractivity contribution in [3.63, 3.8) is 0 Å². The molecule has 114 valence electrons. The lowest BCUT2D eigenvalue weighted by Gasteiger charge is -2.60. The highest BCUT2D eigenvalue weighted by Crippen LogP contribution is 2.58. The van der Waals surface area contributed by atoms with Gasteiger partial charge in [0.15, 0.2) is 0 Å². The predicted octanol–water partition coefficient (Wildman–Crippen LogP) is 2.86. The van der Waals surface area contributed by atoms with E-state index in [9.17, 15) is 4.79 Å². The van der Waals surface area contributed by atoms with Crippen molar-refractivity contribution in [1.29, 1.82) is 0 Å². The third kappa shape index (κ3) is 1.52. The molecule has 2 aromatic rings. The second-order valence-electron chi connectivity index (χ2n) is 7.80. The Morgan fingerprint density at radius 3 is 2.50 bits per heavy atom. The Morgan fingerprint density at radius 2 is 1.73 bits per heavy atom. The summed E-state index contributed by atoms with van der Waals surface area (Å²) in [6.45, 7) is 0. The molecule has 4 aliphatic rings. The van der Waals surface area contributed by atoms with Crippen LogP contribution in [0.4, 0.5) is 0 Å². The fraction of sp³-hybridized carbons (Fsp3) is 0.526. The van der Waals surface area contributed by atoms with Crippen LogP contribution in [0.3, 0.4) is 0 Å². The van der Waals surface area contributed by atoms with E-state index in [-0.39, 0.29) is 17.1 Å². The van der Waals surface area contributed by atoms with Gasteiger partial charge in [-0.05, 0) is 67.4 Å². The molecule has 1 aromatic carbocycles. The summed E-state index contributed by atoms with van der Waals surface area (Å²) in [6, 6.07) is 12.1. The van der Waals surface area contributed by atoms with E-state index < -0.39 is 0 Å². The third-order valence-corrected chi connectivity index (χ3v) is 6.60. The number of nitrogens with zero attached hydrogens (tertiary/aromatic N) is 1. The van der Waals surface area contributed by atoms with E-state index in [1.54, 1.807) is 6.07 Å². The number of para-hydroxylation sites is 1. The summed E-state index contributed by atoms with van der Waals surface area (Å²) in [5, 5.41) is 1.14. The zero-order chi connectivity index (χ0) is 14.9. The van der Waals surface area contributed by atoms with E-state index >= 15 is 0 Å². The molecule has 4 fully saturated rings. The lowest BCUT2D eigenvalue weighted by Crippen LogP contribution is -2.66. The van der Waals surface area contributed by atoms with Crippen LogP contribution in [0.5, 0.6) is 0 Å². The number of nitrogens with two attached hydrogens (primary N) is 1. The molecule has 6 rings (SSSR count). The SMILES string of the molecule is NC1C2CC3CC(C2)CC1(n1c(=O)ccc2ccccc21)C3. The Bertz CT molecular complexity index is 794. The lowest BCUT2D eigenvalue weighted by atomic mass is 9.50. The summed E-state index contributed by atoms with van der Waals surface area (Å²) < 4.78 is 2.08. The molecule has 4 aliphatic carbocycles. The molecule has 3 heteroatoms.